The highest BCUT2D eigenvalue weighted by atomic mass is 32.2. The summed E-state index contributed by atoms with van der Waals surface area (Å²) in [5, 5.41) is 3.94. The molecule has 1 aromatic heterocycles. The first-order valence-corrected chi connectivity index (χ1v) is 3.26. The van der Waals surface area contributed by atoms with Crippen LogP contribution in [-0.2, 0) is 0 Å². The van der Waals surface area contributed by atoms with Crippen LogP contribution in [0, 0.1) is 0 Å². The van der Waals surface area contributed by atoms with Crippen LogP contribution < -0.4 is 5.73 Å². The van der Waals surface area contributed by atoms with Gasteiger partial charge in [-0.2, -0.15) is 0 Å². The number of anilines is 1. The Morgan fingerprint density at radius 2 is 2.67 bits per heavy atom. The fraction of sp³-hybridized carbons (Fsp3) is 0. The van der Waals surface area contributed by atoms with Gasteiger partial charge in [0.2, 0.25) is 0 Å². The molecule has 0 bridgehead atoms. The third-order valence-electron chi connectivity index (χ3n) is 0.424. The Morgan fingerprint density at radius 3 is 2.83 bits per heavy atom. The first-order chi connectivity index (χ1) is 2.89. The Hall–Kier alpha value is 0.01000. The summed E-state index contributed by atoms with van der Waals surface area (Å²) in [4.78, 5) is 0. The van der Waals surface area contributed by atoms with Crippen LogP contribution in [0.4, 0.5) is 4.31 Å². The molecule has 1 rings (SSSR count). The van der Waals surface area contributed by atoms with Gasteiger partial charge in [0.15, 0.2) is 0 Å². The molecular formula is C3H4NS2+. The fourth-order valence-electron chi connectivity index (χ4n) is 0.217. The second-order valence-corrected chi connectivity index (χ2v) is 2.98. The normalized spacial score (nSPS) is 8.83. The third kappa shape index (κ3) is 0.739. The summed E-state index contributed by atoms with van der Waals surface area (Å²) >= 11 is 3.15. The minimum atomic E-state index is 0.926. The molecule has 3 heteroatoms. The van der Waals surface area contributed by atoms with E-state index in [0.717, 1.165) is 4.31 Å². The van der Waals surface area contributed by atoms with Gasteiger partial charge >= 0.3 is 4.31 Å². The second-order valence-electron chi connectivity index (χ2n) is 0.827. The zero-order valence-electron chi connectivity index (χ0n) is 3.05. The molecule has 0 aliphatic heterocycles. The van der Waals surface area contributed by atoms with Gasteiger partial charge in [0, 0.05) is 0 Å². The molecule has 1 aromatic rings. The lowest BCUT2D eigenvalue weighted by molar-refractivity contribution is 2.19. The van der Waals surface area contributed by atoms with Gasteiger partial charge in [-0.3, -0.25) is 0 Å². The predicted octanol–water partition coefficient (Wildman–Crippen LogP) is 1.67. The van der Waals surface area contributed by atoms with Gasteiger partial charge < -0.3 is 0 Å². The number of hydrogen-bond donors (Lipinski definition) is 1. The SMILES string of the molecule is Nc1scc[s+]1. The molecule has 0 atom stereocenters. The maximum Gasteiger partial charge on any atom is 0.323 e. The largest absolute Gasteiger partial charge is 0.323 e. The second kappa shape index (κ2) is 1.64. The lowest BCUT2D eigenvalue weighted by atomic mass is 11.2. The van der Waals surface area contributed by atoms with Crippen molar-refractivity contribution in [2.45, 2.75) is 0 Å². The van der Waals surface area contributed by atoms with Crippen molar-refractivity contribution in [1.82, 2.24) is 0 Å². The van der Waals surface area contributed by atoms with E-state index in [0.29, 0.717) is 0 Å². The van der Waals surface area contributed by atoms with Crippen molar-refractivity contribution in [1.29, 1.82) is 0 Å². The van der Waals surface area contributed by atoms with E-state index < -0.39 is 0 Å². The summed E-state index contributed by atoms with van der Waals surface area (Å²) in [6.07, 6.45) is 0. The van der Waals surface area contributed by atoms with E-state index in [-0.39, 0.29) is 0 Å². The van der Waals surface area contributed by atoms with E-state index in [9.17, 15) is 0 Å². The predicted molar refractivity (Wildman–Crippen MR) is 31.0 cm³/mol. The van der Waals surface area contributed by atoms with Gasteiger partial charge in [-0.25, -0.2) is 5.73 Å². The average molecular weight is 118 g/mol. The Kier molecular flexibility index (Phi) is 1.14. The summed E-state index contributed by atoms with van der Waals surface area (Å²) in [7, 11) is 0. The minimum Gasteiger partial charge on any atom is -0.246 e. The maximum atomic E-state index is 5.31. The number of nitrogen functional groups attached to an aromatic ring is 1. The van der Waals surface area contributed by atoms with Crippen LogP contribution in [0.5, 0.6) is 0 Å². The Morgan fingerprint density at radius 1 is 1.83 bits per heavy atom. The Balaban J connectivity index is 3.05. The highest BCUT2D eigenvalue weighted by Crippen LogP contribution is 2.16. The molecule has 0 spiro atoms. The van der Waals surface area contributed by atoms with E-state index in [1.165, 1.54) is 0 Å². The topological polar surface area (TPSA) is 26.0 Å². The molecule has 0 aliphatic rings. The lowest BCUT2D eigenvalue weighted by Crippen LogP contribution is -1.69. The van der Waals surface area contributed by atoms with Gasteiger partial charge in [-0.1, -0.05) is 0 Å². The smallest absolute Gasteiger partial charge is 0.246 e. The summed E-state index contributed by atoms with van der Waals surface area (Å²) in [5.41, 5.74) is 5.31. The number of hydrogen-bond acceptors (Lipinski definition) is 2. The molecule has 0 fully saturated rings. The molecule has 32 valence electrons. The molecule has 0 saturated carbocycles. The van der Waals surface area contributed by atoms with E-state index in [4.69, 9.17) is 5.73 Å². The average Bonchev–Trinajstić information content (AvgIpc) is 1.86. The highest BCUT2D eigenvalue weighted by molar-refractivity contribution is 7.34. The summed E-state index contributed by atoms with van der Waals surface area (Å²) in [6.45, 7) is 0. The molecule has 0 radical (unpaired) electrons. The summed E-state index contributed by atoms with van der Waals surface area (Å²) < 4.78 is 0.926. The van der Waals surface area contributed by atoms with Crippen molar-refractivity contribution < 1.29 is 0 Å². The molecule has 2 N–H and O–H groups in total. The van der Waals surface area contributed by atoms with Crippen molar-refractivity contribution in [3.05, 3.63) is 10.8 Å². The third-order valence-corrected chi connectivity index (χ3v) is 2.18. The van der Waals surface area contributed by atoms with Crippen LogP contribution in [0.15, 0.2) is 10.8 Å². The van der Waals surface area contributed by atoms with E-state index in [1.54, 1.807) is 22.7 Å². The van der Waals surface area contributed by atoms with Gasteiger partial charge in [0.25, 0.3) is 0 Å². The molecule has 0 aromatic carbocycles. The summed E-state index contributed by atoms with van der Waals surface area (Å²) in [5.74, 6) is 0. The van der Waals surface area contributed by atoms with Crippen molar-refractivity contribution in [3.63, 3.8) is 0 Å². The maximum absolute atomic E-state index is 5.31. The molecule has 6 heavy (non-hydrogen) atoms. The standard InChI is InChI=1S/C3H4NS2/c4-3-5-1-2-6-3/h1-2H,4H2/q+1. The molecule has 0 aliphatic carbocycles. The fourth-order valence-corrected chi connectivity index (χ4v) is 1.49. The van der Waals surface area contributed by atoms with Gasteiger partial charge in [-0.15, -0.1) is 0 Å². The molecule has 0 saturated heterocycles. The lowest BCUT2D eigenvalue weighted by Gasteiger charge is -1.49. The zero-order chi connectivity index (χ0) is 4.41. The Labute approximate surface area is 44.1 Å². The quantitative estimate of drug-likeness (QED) is 0.515. The van der Waals surface area contributed by atoms with Crippen LogP contribution in [0.25, 0.3) is 0 Å². The van der Waals surface area contributed by atoms with Crippen LogP contribution in [0.3, 0.4) is 0 Å². The van der Waals surface area contributed by atoms with Crippen molar-refractivity contribution >= 4 is 27.0 Å². The van der Waals surface area contributed by atoms with Gasteiger partial charge in [0.1, 0.15) is 10.8 Å². The van der Waals surface area contributed by atoms with Crippen LogP contribution in [0.1, 0.15) is 0 Å². The molecule has 1 heterocycles. The van der Waals surface area contributed by atoms with Crippen molar-refractivity contribution in [2.75, 3.05) is 5.73 Å². The van der Waals surface area contributed by atoms with Crippen LogP contribution in [0.2, 0.25) is 0 Å². The summed E-state index contributed by atoms with van der Waals surface area (Å²) in [6, 6.07) is 0. The van der Waals surface area contributed by atoms with E-state index in [1.807, 2.05) is 10.8 Å². The first kappa shape index (κ1) is 4.18. The minimum absolute atomic E-state index is 0.926. The molecule has 0 amide bonds. The van der Waals surface area contributed by atoms with Crippen molar-refractivity contribution in [2.24, 2.45) is 0 Å². The van der Waals surface area contributed by atoms with E-state index >= 15 is 0 Å². The van der Waals surface area contributed by atoms with Crippen LogP contribution in [-0.4, -0.2) is 0 Å². The molecule has 0 unspecified atom stereocenters. The first-order valence-electron chi connectivity index (χ1n) is 1.50. The zero-order valence-corrected chi connectivity index (χ0v) is 4.68. The number of nitrogens with two attached hydrogens (primary N) is 1. The van der Waals surface area contributed by atoms with Gasteiger partial charge in [-0.05, 0) is 0 Å². The van der Waals surface area contributed by atoms with Crippen LogP contribution >= 0.6 is 22.7 Å². The number of rotatable bonds is 0. The molecular weight excluding hydrogens is 114 g/mol. The monoisotopic (exact) mass is 118 g/mol. The Bertz CT molecular complexity index is 112. The van der Waals surface area contributed by atoms with Gasteiger partial charge in [0.05, 0.1) is 22.7 Å². The van der Waals surface area contributed by atoms with E-state index in [2.05, 4.69) is 0 Å². The van der Waals surface area contributed by atoms with Crippen molar-refractivity contribution in [3.8, 4) is 0 Å². The molecule has 1 nitrogen and oxygen atoms in total. The highest BCUT2D eigenvalue weighted by Gasteiger charge is 1.94.